The zero-order valence-corrected chi connectivity index (χ0v) is 23.3. The topological polar surface area (TPSA) is 69.1 Å². The highest BCUT2D eigenvalue weighted by atomic mass is 127. The van der Waals surface area contributed by atoms with Gasteiger partial charge in [-0.05, 0) is 61.6 Å². The van der Waals surface area contributed by atoms with E-state index in [1.165, 1.54) is 17.7 Å². The van der Waals surface area contributed by atoms with Crippen LogP contribution < -0.4 is 15.5 Å². The highest BCUT2D eigenvalue weighted by Crippen LogP contribution is 2.33. The van der Waals surface area contributed by atoms with Crippen molar-refractivity contribution in [2.24, 2.45) is 22.2 Å². The first kappa shape index (κ1) is 28.2. The van der Waals surface area contributed by atoms with Crippen molar-refractivity contribution in [2.45, 2.75) is 66.0 Å². The Morgan fingerprint density at radius 3 is 2.42 bits per heavy atom. The van der Waals surface area contributed by atoms with Crippen molar-refractivity contribution in [3.05, 3.63) is 29.8 Å². The lowest BCUT2D eigenvalue weighted by Crippen LogP contribution is -2.47. The third-order valence-electron chi connectivity index (χ3n) is 6.77. The maximum absolute atomic E-state index is 9.34. The molecule has 2 aliphatic heterocycles. The standard InChI is InChI=1S/C26H44N4O2.HI/c1-5-27-25(29-18-22-7-6-16-32-24(22)26(2,3)4)28-17-20-8-10-23(11-9-20)30-14-12-21(19-31)13-15-30;/h8-11,21-22,24,31H,5-7,12-19H2,1-4H3,(H2,27,28,29);1H. The molecule has 2 aliphatic rings. The van der Waals surface area contributed by atoms with E-state index in [9.17, 15) is 5.11 Å². The number of rotatable bonds is 7. The van der Waals surface area contributed by atoms with Crippen LogP contribution in [-0.4, -0.2) is 56.6 Å². The summed E-state index contributed by atoms with van der Waals surface area (Å²) in [7, 11) is 0. The molecule has 0 spiro atoms. The first-order chi connectivity index (χ1) is 15.4. The number of piperidine rings is 1. The van der Waals surface area contributed by atoms with Crippen molar-refractivity contribution >= 4 is 35.6 Å². The Morgan fingerprint density at radius 2 is 1.82 bits per heavy atom. The van der Waals surface area contributed by atoms with Gasteiger partial charge in [-0.15, -0.1) is 24.0 Å². The van der Waals surface area contributed by atoms with E-state index in [2.05, 4.69) is 67.5 Å². The van der Waals surface area contributed by atoms with Crippen LogP contribution in [0.3, 0.4) is 0 Å². The lowest BCUT2D eigenvalue weighted by atomic mass is 9.78. The molecule has 2 heterocycles. The summed E-state index contributed by atoms with van der Waals surface area (Å²) in [4.78, 5) is 7.25. The third kappa shape index (κ3) is 8.58. The minimum absolute atomic E-state index is 0. The van der Waals surface area contributed by atoms with Gasteiger partial charge in [0, 0.05) is 51.0 Å². The number of aliphatic hydroxyl groups is 1. The van der Waals surface area contributed by atoms with Crippen molar-refractivity contribution in [2.75, 3.05) is 44.3 Å². The predicted octanol–water partition coefficient (Wildman–Crippen LogP) is 4.41. The molecule has 6 nitrogen and oxygen atoms in total. The summed E-state index contributed by atoms with van der Waals surface area (Å²) in [5, 5.41) is 16.3. The Labute approximate surface area is 218 Å². The van der Waals surface area contributed by atoms with Gasteiger partial charge < -0.3 is 25.4 Å². The molecule has 2 atom stereocenters. The number of aliphatic hydroxyl groups excluding tert-OH is 1. The number of ether oxygens (including phenoxy) is 1. The maximum Gasteiger partial charge on any atom is 0.191 e. The molecule has 3 rings (SSSR count). The van der Waals surface area contributed by atoms with Crippen LogP contribution in [0.15, 0.2) is 29.3 Å². The van der Waals surface area contributed by atoms with E-state index >= 15 is 0 Å². The van der Waals surface area contributed by atoms with Crippen molar-refractivity contribution in [3.8, 4) is 0 Å². The number of nitrogens with zero attached hydrogens (tertiary/aromatic N) is 2. The van der Waals surface area contributed by atoms with Crippen LogP contribution in [0.25, 0.3) is 0 Å². The molecule has 188 valence electrons. The summed E-state index contributed by atoms with van der Waals surface area (Å²) in [6.45, 7) is 14.6. The van der Waals surface area contributed by atoms with Crippen LogP contribution in [0.2, 0.25) is 0 Å². The van der Waals surface area contributed by atoms with E-state index in [-0.39, 0.29) is 35.5 Å². The van der Waals surface area contributed by atoms with Crippen molar-refractivity contribution < 1.29 is 9.84 Å². The Bertz CT molecular complexity index is 712. The zero-order chi connectivity index (χ0) is 23.0. The first-order valence-corrected chi connectivity index (χ1v) is 12.5. The predicted molar refractivity (Wildman–Crippen MR) is 149 cm³/mol. The number of hydrogen-bond donors (Lipinski definition) is 3. The Hall–Kier alpha value is -1.06. The monoisotopic (exact) mass is 572 g/mol. The molecule has 0 aromatic heterocycles. The van der Waals surface area contributed by atoms with Gasteiger partial charge >= 0.3 is 0 Å². The van der Waals surface area contributed by atoms with Crippen molar-refractivity contribution in [3.63, 3.8) is 0 Å². The molecule has 3 N–H and O–H groups in total. The molecule has 0 saturated carbocycles. The second-order valence-electron chi connectivity index (χ2n) is 10.4. The summed E-state index contributed by atoms with van der Waals surface area (Å²) in [5.74, 6) is 1.85. The lowest BCUT2D eigenvalue weighted by Gasteiger charge is -2.40. The van der Waals surface area contributed by atoms with Gasteiger partial charge in [0.05, 0.1) is 12.6 Å². The molecule has 2 unspecified atom stereocenters. The van der Waals surface area contributed by atoms with Crippen molar-refractivity contribution in [1.82, 2.24) is 10.6 Å². The number of nitrogens with one attached hydrogen (secondary N) is 2. The molecule has 0 radical (unpaired) electrons. The van der Waals surface area contributed by atoms with Gasteiger partial charge in [-0.1, -0.05) is 32.9 Å². The van der Waals surface area contributed by atoms with E-state index < -0.39 is 0 Å². The lowest BCUT2D eigenvalue weighted by molar-refractivity contribution is -0.0835. The zero-order valence-electron chi connectivity index (χ0n) is 21.0. The fourth-order valence-electron chi connectivity index (χ4n) is 4.94. The largest absolute Gasteiger partial charge is 0.396 e. The minimum Gasteiger partial charge on any atom is -0.396 e. The van der Waals surface area contributed by atoms with Crippen LogP contribution in [0.5, 0.6) is 0 Å². The van der Waals surface area contributed by atoms with Gasteiger partial charge in [0.1, 0.15) is 0 Å². The summed E-state index contributed by atoms with van der Waals surface area (Å²) in [5.41, 5.74) is 2.63. The van der Waals surface area contributed by atoms with E-state index in [1.54, 1.807) is 0 Å². The quantitative estimate of drug-likeness (QED) is 0.257. The van der Waals surface area contributed by atoms with Crippen LogP contribution >= 0.6 is 24.0 Å². The Morgan fingerprint density at radius 1 is 1.12 bits per heavy atom. The van der Waals surface area contributed by atoms with E-state index in [0.717, 1.165) is 58.0 Å². The van der Waals surface area contributed by atoms with Crippen molar-refractivity contribution in [1.29, 1.82) is 0 Å². The molecule has 2 fully saturated rings. The molecule has 33 heavy (non-hydrogen) atoms. The van der Waals surface area contributed by atoms with Crippen LogP contribution in [0, 0.1) is 17.3 Å². The van der Waals surface area contributed by atoms with Gasteiger partial charge in [0.2, 0.25) is 0 Å². The fraction of sp³-hybridized carbons (Fsp3) is 0.731. The SMILES string of the molecule is CCNC(=NCc1ccc(N2CCC(CO)CC2)cc1)NCC1CCCOC1C(C)(C)C.I. The van der Waals surface area contributed by atoms with Crippen LogP contribution in [-0.2, 0) is 11.3 Å². The average Bonchev–Trinajstić information content (AvgIpc) is 2.81. The van der Waals surface area contributed by atoms with E-state index in [4.69, 9.17) is 9.73 Å². The number of benzene rings is 1. The second-order valence-corrected chi connectivity index (χ2v) is 10.4. The number of aliphatic imine (C=N–C) groups is 1. The van der Waals surface area contributed by atoms with Gasteiger partial charge in [-0.3, -0.25) is 0 Å². The average molecular weight is 573 g/mol. The molecule has 1 aromatic carbocycles. The summed E-state index contributed by atoms with van der Waals surface area (Å²) in [6.07, 6.45) is 4.76. The fourth-order valence-corrected chi connectivity index (χ4v) is 4.94. The summed E-state index contributed by atoms with van der Waals surface area (Å²) < 4.78 is 6.13. The van der Waals surface area contributed by atoms with Crippen LogP contribution in [0.1, 0.15) is 58.9 Å². The molecular weight excluding hydrogens is 527 g/mol. The molecule has 0 aliphatic carbocycles. The molecule has 2 saturated heterocycles. The minimum atomic E-state index is 0. The summed E-state index contributed by atoms with van der Waals surface area (Å²) in [6, 6.07) is 8.78. The smallest absolute Gasteiger partial charge is 0.191 e. The van der Waals surface area contributed by atoms with Gasteiger partial charge in [0.15, 0.2) is 5.96 Å². The molecule has 0 amide bonds. The maximum atomic E-state index is 9.34. The molecule has 7 heteroatoms. The molecular formula is C26H45IN4O2. The van der Waals surface area contributed by atoms with Gasteiger partial charge in [0.25, 0.3) is 0 Å². The highest BCUT2D eigenvalue weighted by Gasteiger charge is 2.35. The number of hydrogen-bond acceptors (Lipinski definition) is 4. The summed E-state index contributed by atoms with van der Waals surface area (Å²) >= 11 is 0. The van der Waals surface area contributed by atoms with Gasteiger partial charge in [-0.25, -0.2) is 4.99 Å². The highest BCUT2D eigenvalue weighted by molar-refractivity contribution is 14.0. The number of anilines is 1. The third-order valence-corrected chi connectivity index (χ3v) is 6.77. The first-order valence-electron chi connectivity index (χ1n) is 12.5. The second kappa shape index (κ2) is 13.7. The van der Waals surface area contributed by atoms with Gasteiger partial charge in [-0.2, -0.15) is 0 Å². The Balaban J connectivity index is 0.00000385. The number of halogens is 1. The number of guanidine groups is 1. The Kier molecular flexibility index (Phi) is 11.7. The van der Waals surface area contributed by atoms with E-state index in [0.29, 0.717) is 25.0 Å². The molecule has 0 bridgehead atoms. The molecule has 1 aromatic rings. The van der Waals surface area contributed by atoms with E-state index in [1.807, 2.05) is 0 Å². The normalized spacial score (nSPS) is 22.6. The van der Waals surface area contributed by atoms with Crippen LogP contribution in [0.4, 0.5) is 5.69 Å².